The average Bonchev–Trinajstić information content (AvgIpc) is 2.75. The first kappa shape index (κ1) is 13.8. The van der Waals surface area contributed by atoms with Crippen LogP contribution in [0.25, 0.3) is 0 Å². The number of hydrogen-bond donors (Lipinski definition) is 0. The number of hydrogen-bond acceptors (Lipinski definition) is 3. The van der Waals surface area contributed by atoms with Crippen molar-refractivity contribution in [2.24, 2.45) is 0 Å². The molecule has 2 rings (SSSR count). The minimum Gasteiger partial charge on any atom is -0.485 e. The Bertz CT molecular complexity index is 584. The molecule has 100 valence electrons. The highest BCUT2D eigenvalue weighted by Gasteiger charge is 2.12. The predicted molar refractivity (Wildman–Crippen MR) is 79.4 cm³/mol. The fourth-order valence-electron chi connectivity index (χ4n) is 1.99. The molecule has 0 fully saturated rings. The maximum Gasteiger partial charge on any atom is 0.201 e. The molecule has 2 aromatic rings. The maximum atomic E-state index is 12.1. The molecule has 0 aliphatic heterocycles. The molecule has 0 bridgehead atoms. The lowest BCUT2D eigenvalue weighted by Gasteiger charge is -2.06. The molecule has 0 N–H and O–H groups in total. The van der Waals surface area contributed by atoms with E-state index in [0.717, 1.165) is 27.5 Å². The van der Waals surface area contributed by atoms with Crippen LogP contribution >= 0.6 is 11.3 Å². The first-order chi connectivity index (χ1) is 9.10. The Morgan fingerprint density at radius 1 is 1.26 bits per heavy atom. The Labute approximate surface area is 118 Å². The van der Waals surface area contributed by atoms with Crippen molar-refractivity contribution < 1.29 is 9.53 Å². The van der Waals surface area contributed by atoms with Crippen LogP contribution < -0.4 is 4.74 Å². The molecule has 1 aromatic heterocycles. The summed E-state index contributed by atoms with van der Waals surface area (Å²) in [5, 5.41) is 0. The lowest BCUT2D eigenvalue weighted by Crippen LogP contribution is -2.11. The van der Waals surface area contributed by atoms with Gasteiger partial charge in [0.2, 0.25) is 5.78 Å². The second-order valence-electron chi connectivity index (χ2n) is 4.54. The zero-order valence-corrected chi connectivity index (χ0v) is 12.3. The SMILES string of the molecule is CCc1cccc(OCC(=O)c2cc(C)sc2C)c1. The largest absolute Gasteiger partial charge is 0.485 e. The van der Waals surface area contributed by atoms with E-state index in [1.54, 1.807) is 11.3 Å². The molecule has 0 spiro atoms. The zero-order chi connectivity index (χ0) is 13.8. The van der Waals surface area contributed by atoms with E-state index in [-0.39, 0.29) is 12.4 Å². The van der Waals surface area contributed by atoms with Crippen LogP contribution in [0.2, 0.25) is 0 Å². The van der Waals surface area contributed by atoms with E-state index in [2.05, 4.69) is 13.0 Å². The third kappa shape index (κ3) is 3.44. The molecular weight excluding hydrogens is 256 g/mol. The summed E-state index contributed by atoms with van der Waals surface area (Å²) < 4.78 is 5.58. The van der Waals surface area contributed by atoms with Crippen LogP contribution in [-0.4, -0.2) is 12.4 Å². The molecule has 1 aromatic carbocycles. The van der Waals surface area contributed by atoms with Crippen molar-refractivity contribution >= 4 is 17.1 Å². The summed E-state index contributed by atoms with van der Waals surface area (Å²) in [5.74, 6) is 0.807. The molecule has 0 amide bonds. The number of ketones is 1. The van der Waals surface area contributed by atoms with Gasteiger partial charge in [0.05, 0.1) is 0 Å². The van der Waals surface area contributed by atoms with Crippen LogP contribution in [0.4, 0.5) is 0 Å². The van der Waals surface area contributed by atoms with Crippen LogP contribution in [0.1, 0.15) is 32.6 Å². The molecule has 0 aliphatic carbocycles. The van der Waals surface area contributed by atoms with E-state index < -0.39 is 0 Å². The minimum atomic E-state index is 0.0451. The molecule has 0 atom stereocenters. The number of benzene rings is 1. The molecular formula is C16H18O2S. The van der Waals surface area contributed by atoms with E-state index in [1.807, 2.05) is 38.1 Å². The Morgan fingerprint density at radius 2 is 2.05 bits per heavy atom. The predicted octanol–water partition coefficient (Wildman–Crippen LogP) is 4.19. The van der Waals surface area contributed by atoms with Gasteiger partial charge < -0.3 is 4.74 Å². The number of aryl methyl sites for hydroxylation is 3. The van der Waals surface area contributed by atoms with Crippen molar-refractivity contribution in [3.8, 4) is 5.75 Å². The Balaban J connectivity index is 2.02. The highest BCUT2D eigenvalue weighted by Crippen LogP contribution is 2.21. The van der Waals surface area contributed by atoms with Crippen molar-refractivity contribution in [1.82, 2.24) is 0 Å². The van der Waals surface area contributed by atoms with E-state index in [4.69, 9.17) is 4.74 Å². The molecule has 0 aliphatic rings. The fraction of sp³-hybridized carbons (Fsp3) is 0.312. The smallest absolute Gasteiger partial charge is 0.201 e. The highest BCUT2D eigenvalue weighted by atomic mass is 32.1. The topological polar surface area (TPSA) is 26.3 Å². The molecule has 0 unspecified atom stereocenters. The maximum absolute atomic E-state index is 12.1. The lowest BCUT2D eigenvalue weighted by molar-refractivity contribution is 0.0921. The number of rotatable bonds is 5. The van der Waals surface area contributed by atoms with E-state index >= 15 is 0 Å². The van der Waals surface area contributed by atoms with Crippen LogP contribution in [-0.2, 0) is 6.42 Å². The van der Waals surface area contributed by atoms with E-state index in [9.17, 15) is 4.79 Å². The standard InChI is InChI=1S/C16H18O2S/c1-4-13-6-5-7-14(9-13)18-10-16(17)15-8-11(2)19-12(15)3/h5-9H,4,10H2,1-3H3. The van der Waals surface area contributed by atoms with Gasteiger partial charge in [-0.3, -0.25) is 4.79 Å². The van der Waals surface area contributed by atoms with Crippen LogP contribution in [0.15, 0.2) is 30.3 Å². The summed E-state index contributed by atoms with van der Waals surface area (Å²) in [5.41, 5.74) is 2.00. The van der Waals surface area contributed by atoms with Gasteiger partial charge in [-0.25, -0.2) is 0 Å². The average molecular weight is 274 g/mol. The third-order valence-electron chi connectivity index (χ3n) is 3.02. The Morgan fingerprint density at radius 3 is 2.68 bits per heavy atom. The lowest BCUT2D eigenvalue weighted by atomic mass is 10.1. The number of thiophene rings is 1. The van der Waals surface area contributed by atoms with Gasteiger partial charge in [0.15, 0.2) is 6.61 Å². The van der Waals surface area contributed by atoms with E-state index in [1.165, 1.54) is 5.56 Å². The normalized spacial score (nSPS) is 10.5. The fourth-order valence-corrected chi connectivity index (χ4v) is 2.93. The molecule has 0 radical (unpaired) electrons. The monoisotopic (exact) mass is 274 g/mol. The number of carbonyl (C=O) groups is 1. The molecule has 0 saturated heterocycles. The molecule has 19 heavy (non-hydrogen) atoms. The van der Waals surface area contributed by atoms with Gasteiger partial charge >= 0.3 is 0 Å². The second kappa shape index (κ2) is 6.02. The van der Waals surface area contributed by atoms with Gasteiger partial charge in [-0.05, 0) is 44.0 Å². The summed E-state index contributed by atoms with van der Waals surface area (Å²) in [4.78, 5) is 14.3. The molecule has 3 heteroatoms. The van der Waals surface area contributed by atoms with Gasteiger partial charge in [0.1, 0.15) is 5.75 Å². The second-order valence-corrected chi connectivity index (χ2v) is 6.00. The summed E-state index contributed by atoms with van der Waals surface area (Å²) in [6.07, 6.45) is 0.966. The summed E-state index contributed by atoms with van der Waals surface area (Å²) in [7, 11) is 0. The first-order valence-corrected chi connectivity index (χ1v) is 7.23. The molecule has 0 saturated carbocycles. The molecule has 2 nitrogen and oxygen atoms in total. The summed E-state index contributed by atoms with van der Waals surface area (Å²) in [6, 6.07) is 9.82. The van der Waals surface area contributed by atoms with E-state index in [0.29, 0.717) is 0 Å². The molecule has 1 heterocycles. The third-order valence-corrected chi connectivity index (χ3v) is 3.98. The zero-order valence-electron chi connectivity index (χ0n) is 11.5. The Hall–Kier alpha value is -1.61. The van der Waals surface area contributed by atoms with Gasteiger partial charge in [-0.1, -0.05) is 19.1 Å². The number of Topliss-reactive ketones (excluding diaryl/α,β-unsaturated/α-hetero) is 1. The summed E-state index contributed by atoms with van der Waals surface area (Å²) >= 11 is 1.65. The highest BCUT2D eigenvalue weighted by molar-refractivity contribution is 7.12. The van der Waals surface area contributed by atoms with Gasteiger partial charge in [-0.15, -0.1) is 11.3 Å². The van der Waals surface area contributed by atoms with Crippen molar-refractivity contribution in [3.63, 3.8) is 0 Å². The van der Waals surface area contributed by atoms with Crippen molar-refractivity contribution in [3.05, 3.63) is 51.2 Å². The Kier molecular flexibility index (Phi) is 4.38. The minimum absolute atomic E-state index is 0.0451. The van der Waals surface area contributed by atoms with Crippen LogP contribution in [0.5, 0.6) is 5.75 Å². The van der Waals surface area contributed by atoms with Gasteiger partial charge in [-0.2, -0.15) is 0 Å². The first-order valence-electron chi connectivity index (χ1n) is 6.42. The van der Waals surface area contributed by atoms with Crippen molar-refractivity contribution in [2.45, 2.75) is 27.2 Å². The number of ether oxygens (including phenoxy) is 1. The van der Waals surface area contributed by atoms with Crippen molar-refractivity contribution in [1.29, 1.82) is 0 Å². The quantitative estimate of drug-likeness (QED) is 0.764. The van der Waals surface area contributed by atoms with Crippen LogP contribution in [0, 0.1) is 13.8 Å². The summed E-state index contributed by atoms with van der Waals surface area (Å²) in [6.45, 7) is 6.19. The van der Waals surface area contributed by atoms with Gasteiger partial charge in [0.25, 0.3) is 0 Å². The van der Waals surface area contributed by atoms with Crippen LogP contribution in [0.3, 0.4) is 0 Å². The van der Waals surface area contributed by atoms with Gasteiger partial charge in [0, 0.05) is 15.3 Å². The van der Waals surface area contributed by atoms with Crippen molar-refractivity contribution in [2.75, 3.05) is 6.61 Å². The number of carbonyl (C=O) groups excluding carboxylic acids is 1.